The molecule has 2 rings (SSSR count). The highest BCUT2D eigenvalue weighted by Gasteiger charge is 2.14. The van der Waals surface area contributed by atoms with Crippen LogP contribution in [0.3, 0.4) is 0 Å². The summed E-state index contributed by atoms with van der Waals surface area (Å²) in [4.78, 5) is 15.0. The molecule has 0 aliphatic rings. The first-order valence-electron chi connectivity index (χ1n) is 5.37. The van der Waals surface area contributed by atoms with E-state index in [1.54, 1.807) is 12.1 Å². The minimum atomic E-state index is -1.06. The average molecular weight is 327 g/mol. The molecule has 1 N–H and O–H groups in total. The summed E-state index contributed by atoms with van der Waals surface area (Å²) in [5.74, 6) is -2.49. The number of carbonyl (C=O) groups is 1. The van der Waals surface area contributed by atoms with Crippen molar-refractivity contribution < 1.29 is 13.6 Å². The Labute approximate surface area is 116 Å². The number of aromatic nitrogens is 1. The second kappa shape index (κ2) is 5.44. The maximum Gasteiger partial charge on any atom is 0.256 e. The van der Waals surface area contributed by atoms with Crippen LogP contribution >= 0.6 is 15.9 Å². The minimum absolute atomic E-state index is 0.167. The van der Waals surface area contributed by atoms with E-state index in [1.807, 2.05) is 13.0 Å². The van der Waals surface area contributed by atoms with Crippen LogP contribution in [0.2, 0.25) is 0 Å². The zero-order valence-corrected chi connectivity index (χ0v) is 11.5. The normalized spacial score (nSPS) is 10.3. The molecule has 98 valence electrons. The molecule has 2 aromatic rings. The SMILES string of the molecule is Cc1cccc(C(=O)Nc2ccc(F)nc2F)c1Br. The molecular formula is C13H9BrF2N2O. The van der Waals surface area contributed by atoms with E-state index in [-0.39, 0.29) is 5.69 Å². The first kappa shape index (κ1) is 13.6. The van der Waals surface area contributed by atoms with Crippen LogP contribution in [0.15, 0.2) is 34.8 Å². The molecule has 1 aromatic heterocycles. The van der Waals surface area contributed by atoms with Crippen molar-refractivity contribution >= 4 is 27.5 Å². The van der Waals surface area contributed by atoms with Crippen LogP contribution in [-0.4, -0.2) is 10.9 Å². The molecule has 1 amide bonds. The molecule has 1 heterocycles. The highest BCUT2D eigenvalue weighted by molar-refractivity contribution is 9.10. The number of hydrogen-bond donors (Lipinski definition) is 1. The second-order valence-corrected chi connectivity index (χ2v) is 4.66. The third kappa shape index (κ3) is 2.96. The maximum absolute atomic E-state index is 13.3. The van der Waals surface area contributed by atoms with Crippen LogP contribution in [0, 0.1) is 18.8 Å². The number of carbonyl (C=O) groups excluding carboxylic acids is 1. The molecule has 0 radical (unpaired) electrons. The third-order valence-electron chi connectivity index (χ3n) is 2.50. The molecule has 0 aliphatic heterocycles. The number of halogens is 3. The molecule has 0 spiro atoms. The Balaban J connectivity index is 2.28. The smallest absolute Gasteiger partial charge is 0.256 e. The van der Waals surface area contributed by atoms with Gasteiger partial charge in [-0.15, -0.1) is 0 Å². The van der Waals surface area contributed by atoms with Gasteiger partial charge in [0.2, 0.25) is 11.9 Å². The van der Waals surface area contributed by atoms with E-state index in [4.69, 9.17) is 0 Å². The number of benzene rings is 1. The van der Waals surface area contributed by atoms with Gasteiger partial charge in [-0.25, -0.2) is 0 Å². The summed E-state index contributed by atoms with van der Waals surface area (Å²) in [5.41, 5.74) is 1.08. The number of amides is 1. The Morgan fingerprint density at radius 1 is 1.26 bits per heavy atom. The first-order valence-corrected chi connectivity index (χ1v) is 6.17. The van der Waals surface area contributed by atoms with E-state index >= 15 is 0 Å². The zero-order chi connectivity index (χ0) is 14.0. The van der Waals surface area contributed by atoms with Gasteiger partial charge >= 0.3 is 0 Å². The van der Waals surface area contributed by atoms with Gasteiger partial charge in [-0.1, -0.05) is 12.1 Å². The van der Waals surface area contributed by atoms with Gasteiger partial charge in [0.15, 0.2) is 0 Å². The standard InChI is InChI=1S/C13H9BrF2N2O/c1-7-3-2-4-8(11(7)14)13(19)17-9-5-6-10(15)18-12(9)16/h2-6H,1H3,(H,17,19). The molecule has 19 heavy (non-hydrogen) atoms. The van der Waals surface area contributed by atoms with E-state index in [1.165, 1.54) is 0 Å². The molecule has 3 nitrogen and oxygen atoms in total. The van der Waals surface area contributed by atoms with Crippen molar-refractivity contribution in [1.29, 1.82) is 0 Å². The summed E-state index contributed by atoms with van der Waals surface area (Å²) >= 11 is 3.29. The number of rotatable bonds is 2. The van der Waals surface area contributed by atoms with Crippen LogP contribution in [0.4, 0.5) is 14.5 Å². The van der Waals surface area contributed by atoms with Crippen molar-refractivity contribution in [2.75, 3.05) is 5.32 Å². The molecular weight excluding hydrogens is 318 g/mol. The molecule has 0 saturated carbocycles. The Bertz CT molecular complexity index is 647. The van der Waals surface area contributed by atoms with Crippen molar-refractivity contribution in [3.63, 3.8) is 0 Å². The Hall–Kier alpha value is -1.82. The molecule has 6 heteroatoms. The van der Waals surface area contributed by atoms with Crippen molar-refractivity contribution in [2.24, 2.45) is 0 Å². The molecule has 0 atom stereocenters. The van der Waals surface area contributed by atoms with Crippen LogP contribution in [0.5, 0.6) is 0 Å². The van der Waals surface area contributed by atoms with Gasteiger partial charge in [0.05, 0.1) is 11.3 Å². The van der Waals surface area contributed by atoms with Crippen LogP contribution < -0.4 is 5.32 Å². The van der Waals surface area contributed by atoms with Crippen molar-refractivity contribution in [3.8, 4) is 0 Å². The second-order valence-electron chi connectivity index (χ2n) is 3.86. The van der Waals surface area contributed by atoms with Crippen LogP contribution in [-0.2, 0) is 0 Å². The minimum Gasteiger partial charge on any atom is -0.318 e. The number of nitrogens with zero attached hydrogens (tertiary/aromatic N) is 1. The lowest BCUT2D eigenvalue weighted by Crippen LogP contribution is -2.14. The van der Waals surface area contributed by atoms with Gasteiger partial charge < -0.3 is 5.32 Å². The lowest BCUT2D eigenvalue weighted by atomic mass is 10.1. The number of nitrogens with one attached hydrogen (secondary N) is 1. The molecule has 0 bridgehead atoms. The van der Waals surface area contributed by atoms with Crippen molar-refractivity contribution in [1.82, 2.24) is 4.98 Å². The quantitative estimate of drug-likeness (QED) is 0.855. The lowest BCUT2D eigenvalue weighted by Gasteiger charge is -2.08. The number of pyridine rings is 1. The van der Waals surface area contributed by atoms with E-state index in [2.05, 4.69) is 26.2 Å². The monoisotopic (exact) mass is 326 g/mol. The van der Waals surface area contributed by atoms with E-state index in [0.29, 0.717) is 10.0 Å². The Kier molecular flexibility index (Phi) is 3.90. The van der Waals surface area contributed by atoms with Gasteiger partial charge in [-0.3, -0.25) is 4.79 Å². The summed E-state index contributed by atoms with van der Waals surface area (Å²) in [5, 5.41) is 2.35. The van der Waals surface area contributed by atoms with Crippen molar-refractivity contribution in [3.05, 3.63) is 57.8 Å². The third-order valence-corrected chi connectivity index (χ3v) is 3.55. The summed E-state index contributed by atoms with van der Waals surface area (Å²) in [7, 11) is 0. The van der Waals surface area contributed by atoms with Gasteiger partial charge in [0.1, 0.15) is 0 Å². The highest BCUT2D eigenvalue weighted by atomic mass is 79.9. The largest absolute Gasteiger partial charge is 0.318 e. The fourth-order valence-corrected chi connectivity index (χ4v) is 1.96. The summed E-state index contributed by atoms with van der Waals surface area (Å²) in [6.45, 7) is 1.83. The predicted octanol–water partition coefficient (Wildman–Crippen LogP) is 3.68. The molecule has 0 saturated heterocycles. The van der Waals surface area contributed by atoms with Gasteiger partial charge in [-0.2, -0.15) is 13.8 Å². The van der Waals surface area contributed by atoms with Crippen LogP contribution in [0.25, 0.3) is 0 Å². The summed E-state index contributed by atoms with van der Waals surface area (Å²) in [6.07, 6.45) is 0. The van der Waals surface area contributed by atoms with Gasteiger partial charge in [-0.05, 0) is 46.6 Å². The molecule has 0 unspecified atom stereocenters. The average Bonchev–Trinajstić information content (AvgIpc) is 2.36. The predicted molar refractivity (Wildman–Crippen MR) is 71.0 cm³/mol. The van der Waals surface area contributed by atoms with Gasteiger partial charge in [0, 0.05) is 4.47 Å². The molecule has 1 aromatic carbocycles. The lowest BCUT2D eigenvalue weighted by molar-refractivity contribution is 0.102. The Morgan fingerprint density at radius 3 is 2.68 bits per heavy atom. The fraction of sp³-hybridized carbons (Fsp3) is 0.0769. The summed E-state index contributed by atoms with van der Waals surface area (Å²) in [6, 6.07) is 7.25. The first-order chi connectivity index (χ1) is 8.99. The van der Waals surface area contributed by atoms with E-state index in [9.17, 15) is 13.6 Å². The van der Waals surface area contributed by atoms with E-state index in [0.717, 1.165) is 17.7 Å². The Morgan fingerprint density at radius 2 is 2.00 bits per heavy atom. The summed E-state index contributed by atoms with van der Waals surface area (Å²) < 4.78 is 26.6. The molecule has 0 fully saturated rings. The van der Waals surface area contributed by atoms with Crippen LogP contribution in [0.1, 0.15) is 15.9 Å². The topological polar surface area (TPSA) is 42.0 Å². The number of hydrogen-bond acceptors (Lipinski definition) is 2. The highest BCUT2D eigenvalue weighted by Crippen LogP contribution is 2.22. The number of aryl methyl sites for hydroxylation is 1. The van der Waals surface area contributed by atoms with Crippen molar-refractivity contribution in [2.45, 2.75) is 6.92 Å². The fourth-order valence-electron chi connectivity index (χ4n) is 1.52. The van der Waals surface area contributed by atoms with Gasteiger partial charge in [0.25, 0.3) is 5.91 Å². The number of anilines is 1. The van der Waals surface area contributed by atoms with E-state index < -0.39 is 17.8 Å². The maximum atomic E-state index is 13.3. The molecule has 0 aliphatic carbocycles. The zero-order valence-electron chi connectivity index (χ0n) is 9.88.